The third kappa shape index (κ3) is 4.23. The minimum atomic E-state index is -0.177. The summed E-state index contributed by atoms with van der Waals surface area (Å²) in [7, 11) is 0. The van der Waals surface area contributed by atoms with Crippen LogP contribution in [0.5, 0.6) is 0 Å². The largest absolute Gasteiger partial charge is 0.456 e. The fraction of sp³-hybridized carbons (Fsp3) is 0.0217. The van der Waals surface area contributed by atoms with Crippen LogP contribution in [-0.2, 0) is 0 Å². The van der Waals surface area contributed by atoms with E-state index < -0.39 is 0 Å². The Morgan fingerprint density at radius 3 is 1.52 bits per heavy atom. The van der Waals surface area contributed by atoms with Gasteiger partial charge in [-0.1, -0.05) is 133 Å². The Kier molecular flexibility index (Phi) is 5.97. The van der Waals surface area contributed by atoms with Crippen molar-refractivity contribution in [3.8, 4) is 0 Å². The Balaban J connectivity index is 1.18. The molecule has 0 aliphatic heterocycles. The highest BCUT2D eigenvalue weighted by Crippen LogP contribution is 2.40. The van der Waals surface area contributed by atoms with Crippen molar-refractivity contribution in [3.05, 3.63) is 180 Å². The van der Waals surface area contributed by atoms with Crippen LogP contribution in [0.1, 0.15) is 22.7 Å². The molecule has 10 aromatic rings. The number of hydrogen-bond acceptors (Lipinski definition) is 2. The summed E-state index contributed by atoms with van der Waals surface area (Å²) in [5, 5.41) is 14.5. The van der Waals surface area contributed by atoms with Crippen molar-refractivity contribution < 1.29 is 4.42 Å². The third-order valence-corrected chi connectivity index (χ3v) is 9.93. The molecule has 10 rings (SSSR count). The van der Waals surface area contributed by atoms with Crippen LogP contribution in [0.3, 0.4) is 0 Å². The van der Waals surface area contributed by atoms with E-state index in [9.17, 15) is 0 Å². The smallest absolute Gasteiger partial charge is 0.136 e. The second-order valence-electron chi connectivity index (χ2n) is 12.7. The van der Waals surface area contributed by atoms with E-state index in [-0.39, 0.29) is 6.04 Å². The molecule has 0 spiro atoms. The molecule has 0 N–H and O–H groups in total. The minimum absolute atomic E-state index is 0.177. The van der Waals surface area contributed by atoms with Gasteiger partial charge in [0, 0.05) is 22.6 Å². The summed E-state index contributed by atoms with van der Waals surface area (Å²) < 4.78 is 6.57. The first-order valence-electron chi connectivity index (χ1n) is 16.5. The molecule has 9 aromatic carbocycles. The summed E-state index contributed by atoms with van der Waals surface area (Å²) >= 11 is 0. The Morgan fingerprint density at radius 2 is 0.917 bits per heavy atom. The molecule has 48 heavy (non-hydrogen) atoms. The van der Waals surface area contributed by atoms with Gasteiger partial charge < -0.3 is 4.42 Å². The van der Waals surface area contributed by atoms with Crippen molar-refractivity contribution in [2.24, 2.45) is 4.99 Å². The molecular formula is C46H29NO. The Bertz CT molecular complexity index is 2830. The van der Waals surface area contributed by atoms with Crippen LogP contribution in [0, 0.1) is 0 Å². The highest BCUT2D eigenvalue weighted by atomic mass is 16.3. The minimum Gasteiger partial charge on any atom is -0.456 e. The van der Waals surface area contributed by atoms with Crippen molar-refractivity contribution in [2.45, 2.75) is 6.04 Å². The molecule has 1 heterocycles. The molecule has 2 heteroatoms. The Labute approximate surface area is 277 Å². The lowest BCUT2D eigenvalue weighted by Crippen LogP contribution is -2.00. The maximum atomic E-state index is 6.57. The lowest BCUT2D eigenvalue weighted by molar-refractivity contribution is 0.669. The van der Waals surface area contributed by atoms with Gasteiger partial charge in [0.15, 0.2) is 0 Å². The molecule has 224 valence electrons. The van der Waals surface area contributed by atoms with Crippen LogP contribution in [0.25, 0.3) is 75.8 Å². The third-order valence-electron chi connectivity index (χ3n) is 9.93. The average Bonchev–Trinajstić information content (AvgIpc) is 3.52. The van der Waals surface area contributed by atoms with E-state index in [0.29, 0.717) is 0 Å². The van der Waals surface area contributed by atoms with Gasteiger partial charge in [-0.3, -0.25) is 4.99 Å². The summed E-state index contributed by atoms with van der Waals surface area (Å²) in [4.78, 5) is 5.37. The van der Waals surface area contributed by atoms with E-state index in [1.54, 1.807) is 0 Å². The van der Waals surface area contributed by atoms with Crippen LogP contribution >= 0.6 is 0 Å². The first-order valence-corrected chi connectivity index (χ1v) is 16.5. The SMILES string of the molecule is C(=NC(c1ccc2ccccc2c1)c1ccc2ccccc2c1)c1cccc2oc3cc4c5ccccc5c5ccccc5c4cc3c12. The molecule has 0 bridgehead atoms. The van der Waals surface area contributed by atoms with E-state index in [1.807, 2.05) is 0 Å². The molecular weight excluding hydrogens is 583 g/mol. The van der Waals surface area contributed by atoms with Gasteiger partial charge in [0.25, 0.3) is 0 Å². The molecule has 0 amide bonds. The van der Waals surface area contributed by atoms with Gasteiger partial charge >= 0.3 is 0 Å². The van der Waals surface area contributed by atoms with Gasteiger partial charge in [-0.25, -0.2) is 0 Å². The second kappa shape index (κ2) is 10.7. The maximum Gasteiger partial charge on any atom is 0.136 e. The molecule has 0 unspecified atom stereocenters. The zero-order chi connectivity index (χ0) is 31.6. The van der Waals surface area contributed by atoms with Gasteiger partial charge in [-0.05, 0) is 95.3 Å². The first kappa shape index (κ1) is 26.9. The van der Waals surface area contributed by atoms with E-state index in [0.717, 1.165) is 38.6 Å². The topological polar surface area (TPSA) is 25.5 Å². The molecule has 0 fully saturated rings. The standard InChI is InChI=1S/C46H29NO/c1-3-12-31-24-33(22-20-29(31)10-1)46(34-23-21-30-11-2-4-13-32(30)25-34)47-28-35-14-9-19-43-45(35)42-26-40-38-17-7-5-15-36(38)37-16-6-8-18-39(37)41(40)27-44(42)48-43/h1-28,46H. The molecule has 2 nitrogen and oxygen atoms in total. The molecule has 1 aromatic heterocycles. The average molecular weight is 612 g/mol. The van der Waals surface area contributed by atoms with E-state index in [2.05, 4.69) is 170 Å². The molecule has 0 radical (unpaired) electrons. The maximum absolute atomic E-state index is 6.57. The molecule has 0 atom stereocenters. The molecule has 0 saturated carbocycles. The summed E-state index contributed by atoms with van der Waals surface area (Å²) in [6, 6.07) is 58.5. The van der Waals surface area contributed by atoms with Crippen LogP contribution in [0.2, 0.25) is 0 Å². The highest BCUT2D eigenvalue weighted by molar-refractivity contribution is 6.28. The van der Waals surface area contributed by atoms with Crippen molar-refractivity contribution >= 4 is 82.0 Å². The van der Waals surface area contributed by atoms with Crippen LogP contribution in [-0.4, -0.2) is 6.21 Å². The number of rotatable bonds is 4. The number of furan rings is 1. The molecule has 0 aliphatic rings. The number of nitrogens with zero attached hydrogens (tertiary/aromatic N) is 1. The van der Waals surface area contributed by atoms with Crippen molar-refractivity contribution in [1.29, 1.82) is 0 Å². The number of aliphatic imine (C=N–C) groups is 1. The zero-order valence-corrected chi connectivity index (χ0v) is 26.1. The molecule has 0 aliphatic carbocycles. The van der Waals surface area contributed by atoms with Crippen molar-refractivity contribution in [2.75, 3.05) is 0 Å². The van der Waals surface area contributed by atoms with Gasteiger partial charge in [0.1, 0.15) is 11.2 Å². The fourth-order valence-corrected chi connectivity index (χ4v) is 7.63. The van der Waals surface area contributed by atoms with E-state index in [1.165, 1.54) is 53.9 Å². The first-order chi connectivity index (χ1) is 23.8. The summed E-state index contributed by atoms with van der Waals surface area (Å²) in [5.74, 6) is 0. The summed E-state index contributed by atoms with van der Waals surface area (Å²) in [5.41, 5.74) is 5.12. The summed E-state index contributed by atoms with van der Waals surface area (Å²) in [6.45, 7) is 0. The van der Waals surface area contributed by atoms with E-state index in [4.69, 9.17) is 9.41 Å². The van der Waals surface area contributed by atoms with Gasteiger partial charge in [0.05, 0.1) is 6.04 Å². The highest BCUT2D eigenvalue weighted by Gasteiger charge is 2.17. The second-order valence-corrected chi connectivity index (χ2v) is 12.7. The Hall–Kier alpha value is -6.25. The van der Waals surface area contributed by atoms with Crippen LogP contribution < -0.4 is 0 Å². The number of fused-ring (bicyclic) bond motifs is 11. The predicted octanol–water partition coefficient (Wildman–Crippen LogP) is 12.6. The van der Waals surface area contributed by atoms with Crippen molar-refractivity contribution in [3.63, 3.8) is 0 Å². The monoisotopic (exact) mass is 611 g/mol. The lowest BCUT2D eigenvalue weighted by Gasteiger charge is -2.16. The lowest BCUT2D eigenvalue weighted by atomic mass is 9.93. The normalized spacial score (nSPS) is 12.3. The Morgan fingerprint density at radius 1 is 0.396 bits per heavy atom. The van der Waals surface area contributed by atoms with Crippen LogP contribution in [0.4, 0.5) is 0 Å². The van der Waals surface area contributed by atoms with Gasteiger partial charge in [0.2, 0.25) is 0 Å². The van der Waals surface area contributed by atoms with E-state index >= 15 is 0 Å². The fourth-order valence-electron chi connectivity index (χ4n) is 7.63. The van der Waals surface area contributed by atoms with Crippen LogP contribution in [0.15, 0.2) is 173 Å². The number of benzene rings is 9. The zero-order valence-electron chi connectivity index (χ0n) is 26.1. The number of hydrogen-bond donors (Lipinski definition) is 0. The quantitative estimate of drug-likeness (QED) is 0.144. The van der Waals surface area contributed by atoms with Gasteiger partial charge in [-0.15, -0.1) is 0 Å². The van der Waals surface area contributed by atoms with Crippen molar-refractivity contribution in [1.82, 2.24) is 0 Å². The van der Waals surface area contributed by atoms with Gasteiger partial charge in [-0.2, -0.15) is 0 Å². The molecule has 0 saturated heterocycles. The summed E-state index contributed by atoms with van der Waals surface area (Å²) in [6.07, 6.45) is 2.05. The predicted molar refractivity (Wildman–Crippen MR) is 204 cm³/mol.